The molecule has 0 saturated carbocycles. The lowest BCUT2D eigenvalue weighted by atomic mass is 10.2. The fourth-order valence-electron chi connectivity index (χ4n) is 1.60. The molecular formula is C10H12BrFN2. The summed E-state index contributed by atoms with van der Waals surface area (Å²) in [5.41, 5.74) is 0.847. The zero-order valence-corrected chi connectivity index (χ0v) is 9.27. The molecule has 1 heterocycles. The maximum absolute atomic E-state index is 13.2. The maximum Gasteiger partial charge on any atom is 0.139 e. The van der Waals surface area contributed by atoms with E-state index in [0.717, 1.165) is 25.2 Å². The first-order valence-corrected chi connectivity index (χ1v) is 5.47. The summed E-state index contributed by atoms with van der Waals surface area (Å²) in [5.74, 6) is -0.221. The van der Waals surface area contributed by atoms with Gasteiger partial charge in [0.1, 0.15) is 5.82 Å². The zero-order valence-electron chi connectivity index (χ0n) is 7.69. The van der Waals surface area contributed by atoms with Crippen molar-refractivity contribution in [1.82, 2.24) is 5.32 Å². The van der Waals surface area contributed by atoms with Crippen LogP contribution in [0.5, 0.6) is 0 Å². The average molecular weight is 259 g/mol. The van der Waals surface area contributed by atoms with Gasteiger partial charge in [0.25, 0.3) is 0 Å². The van der Waals surface area contributed by atoms with Gasteiger partial charge in [-0.3, -0.25) is 0 Å². The average Bonchev–Trinajstić information content (AvgIpc) is 2.64. The van der Waals surface area contributed by atoms with Crippen molar-refractivity contribution in [3.05, 3.63) is 28.5 Å². The standard InChI is InChI=1S/C10H12BrFN2/c11-9-2-1-7(5-10(9)12)14-8-3-4-13-6-8/h1-2,5,8,13-14H,3-4,6H2. The van der Waals surface area contributed by atoms with E-state index in [2.05, 4.69) is 26.6 Å². The molecule has 1 fully saturated rings. The molecule has 76 valence electrons. The van der Waals surface area contributed by atoms with E-state index in [9.17, 15) is 4.39 Å². The molecule has 2 rings (SSSR count). The van der Waals surface area contributed by atoms with E-state index >= 15 is 0 Å². The number of hydrogen-bond donors (Lipinski definition) is 2. The Morgan fingerprint density at radius 3 is 3.00 bits per heavy atom. The minimum Gasteiger partial charge on any atom is -0.381 e. The molecule has 2 nitrogen and oxygen atoms in total. The van der Waals surface area contributed by atoms with Gasteiger partial charge in [-0.25, -0.2) is 4.39 Å². The summed E-state index contributed by atoms with van der Waals surface area (Å²) in [4.78, 5) is 0. The molecule has 14 heavy (non-hydrogen) atoms. The molecule has 1 aliphatic heterocycles. The molecule has 1 atom stereocenters. The fraction of sp³-hybridized carbons (Fsp3) is 0.400. The van der Waals surface area contributed by atoms with E-state index in [-0.39, 0.29) is 5.82 Å². The van der Waals surface area contributed by atoms with Gasteiger partial charge in [0.15, 0.2) is 0 Å². The van der Waals surface area contributed by atoms with Crippen molar-refractivity contribution >= 4 is 21.6 Å². The molecule has 0 amide bonds. The van der Waals surface area contributed by atoms with Crippen LogP contribution in [0.25, 0.3) is 0 Å². The Hall–Kier alpha value is -0.610. The summed E-state index contributed by atoms with van der Waals surface area (Å²) in [6.07, 6.45) is 1.09. The Morgan fingerprint density at radius 1 is 1.50 bits per heavy atom. The van der Waals surface area contributed by atoms with Crippen molar-refractivity contribution in [1.29, 1.82) is 0 Å². The van der Waals surface area contributed by atoms with Gasteiger partial charge in [0.05, 0.1) is 4.47 Å². The van der Waals surface area contributed by atoms with Crippen LogP contribution >= 0.6 is 15.9 Å². The monoisotopic (exact) mass is 258 g/mol. The van der Waals surface area contributed by atoms with Crippen molar-refractivity contribution in [2.24, 2.45) is 0 Å². The number of nitrogens with one attached hydrogen (secondary N) is 2. The molecule has 1 unspecified atom stereocenters. The van der Waals surface area contributed by atoms with Crippen molar-refractivity contribution < 1.29 is 4.39 Å². The van der Waals surface area contributed by atoms with Gasteiger partial charge in [-0.15, -0.1) is 0 Å². The molecule has 1 aliphatic rings. The summed E-state index contributed by atoms with van der Waals surface area (Å²) in [5, 5.41) is 6.54. The largest absolute Gasteiger partial charge is 0.381 e. The Morgan fingerprint density at radius 2 is 2.36 bits per heavy atom. The summed E-state index contributed by atoms with van der Waals surface area (Å²) in [6, 6.07) is 5.55. The lowest BCUT2D eigenvalue weighted by molar-refractivity contribution is 0.621. The third-order valence-corrected chi connectivity index (χ3v) is 2.99. The number of rotatable bonds is 2. The van der Waals surface area contributed by atoms with Gasteiger partial charge in [-0.1, -0.05) is 0 Å². The topological polar surface area (TPSA) is 24.1 Å². The van der Waals surface area contributed by atoms with E-state index in [4.69, 9.17) is 0 Å². The lowest BCUT2D eigenvalue weighted by Gasteiger charge is -2.12. The quantitative estimate of drug-likeness (QED) is 0.852. The van der Waals surface area contributed by atoms with Crippen LogP contribution in [0.15, 0.2) is 22.7 Å². The first-order chi connectivity index (χ1) is 6.75. The Bertz CT molecular complexity index is 324. The van der Waals surface area contributed by atoms with Crippen LogP contribution in [0.2, 0.25) is 0 Å². The maximum atomic E-state index is 13.2. The van der Waals surface area contributed by atoms with Gasteiger partial charge in [0.2, 0.25) is 0 Å². The second-order valence-electron chi connectivity index (χ2n) is 3.46. The number of hydrogen-bond acceptors (Lipinski definition) is 2. The highest BCUT2D eigenvalue weighted by atomic mass is 79.9. The smallest absolute Gasteiger partial charge is 0.139 e. The van der Waals surface area contributed by atoms with Gasteiger partial charge in [-0.2, -0.15) is 0 Å². The first-order valence-electron chi connectivity index (χ1n) is 4.68. The summed E-state index contributed by atoms with van der Waals surface area (Å²) >= 11 is 3.13. The van der Waals surface area contributed by atoms with Crippen molar-refractivity contribution in [3.8, 4) is 0 Å². The van der Waals surface area contributed by atoms with Gasteiger partial charge < -0.3 is 10.6 Å². The summed E-state index contributed by atoms with van der Waals surface area (Å²) in [6.45, 7) is 1.99. The molecule has 1 aromatic rings. The highest BCUT2D eigenvalue weighted by Crippen LogP contribution is 2.20. The third-order valence-electron chi connectivity index (χ3n) is 2.35. The number of anilines is 1. The van der Waals surface area contributed by atoms with Gasteiger partial charge in [0, 0.05) is 18.3 Å². The van der Waals surface area contributed by atoms with Crippen LogP contribution in [0.4, 0.5) is 10.1 Å². The predicted molar refractivity (Wildman–Crippen MR) is 59.0 cm³/mol. The third kappa shape index (κ3) is 2.25. The van der Waals surface area contributed by atoms with Crippen molar-refractivity contribution in [2.75, 3.05) is 18.4 Å². The van der Waals surface area contributed by atoms with Gasteiger partial charge in [-0.05, 0) is 47.1 Å². The summed E-state index contributed by atoms with van der Waals surface area (Å²) in [7, 11) is 0. The van der Waals surface area contributed by atoms with Crippen molar-refractivity contribution in [3.63, 3.8) is 0 Å². The minimum absolute atomic E-state index is 0.221. The van der Waals surface area contributed by atoms with E-state index < -0.39 is 0 Å². The Balaban J connectivity index is 2.05. The van der Waals surface area contributed by atoms with E-state index in [1.807, 2.05) is 6.07 Å². The molecule has 0 spiro atoms. The zero-order chi connectivity index (χ0) is 9.97. The first kappa shape index (κ1) is 9.93. The summed E-state index contributed by atoms with van der Waals surface area (Å²) < 4.78 is 13.7. The highest BCUT2D eigenvalue weighted by Gasteiger charge is 2.13. The second kappa shape index (κ2) is 4.28. The minimum atomic E-state index is -0.221. The van der Waals surface area contributed by atoms with Crippen LogP contribution in [0.3, 0.4) is 0 Å². The second-order valence-corrected chi connectivity index (χ2v) is 4.32. The van der Waals surface area contributed by atoms with Crippen LogP contribution in [0, 0.1) is 5.82 Å². The van der Waals surface area contributed by atoms with Crippen LogP contribution < -0.4 is 10.6 Å². The van der Waals surface area contributed by atoms with Crippen LogP contribution in [0.1, 0.15) is 6.42 Å². The molecule has 1 saturated heterocycles. The Labute approximate surface area is 91.0 Å². The van der Waals surface area contributed by atoms with Crippen LogP contribution in [-0.4, -0.2) is 19.1 Å². The lowest BCUT2D eigenvalue weighted by Crippen LogP contribution is -2.22. The number of halogens is 2. The normalized spacial score (nSPS) is 21.1. The SMILES string of the molecule is Fc1cc(NC2CCNC2)ccc1Br. The van der Waals surface area contributed by atoms with Crippen LogP contribution in [-0.2, 0) is 0 Å². The molecule has 0 bridgehead atoms. The number of benzene rings is 1. The molecule has 0 radical (unpaired) electrons. The molecule has 1 aromatic carbocycles. The molecule has 0 aromatic heterocycles. The molecule has 4 heteroatoms. The van der Waals surface area contributed by atoms with E-state index in [1.165, 1.54) is 6.07 Å². The predicted octanol–water partition coefficient (Wildman–Crippen LogP) is 2.36. The van der Waals surface area contributed by atoms with Crippen molar-refractivity contribution in [2.45, 2.75) is 12.5 Å². The van der Waals surface area contributed by atoms with Gasteiger partial charge >= 0.3 is 0 Å². The molecule has 0 aliphatic carbocycles. The fourth-order valence-corrected chi connectivity index (χ4v) is 1.85. The molecular weight excluding hydrogens is 247 g/mol. The van der Waals surface area contributed by atoms with E-state index in [0.29, 0.717) is 10.5 Å². The Kier molecular flexibility index (Phi) is 3.03. The van der Waals surface area contributed by atoms with E-state index in [1.54, 1.807) is 6.07 Å². The highest BCUT2D eigenvalue weighted by molar-refractivity contribution is 9.10. The molecule has 2 N–H and O–H groups in total.